The summed E-state index contributed by atoms with van der Waals surface area (Å²) in [5.74, 6) is 0. The SMILES string of the molecule is CC(N[C@H](C)c1cccnc1)c1ccc(C(F)(F)F)cc1. The van der Waals surface area contributed by atoms with Gasteiger partial charge in [0.25, 0.3) is 0 Å². The summed E-state index contributed by atoms with van der Waals surface area (Å²) >= 11 is 0. The number of benzene rings is 1. The Morgan fingerprint density at radius 1 is 0.952 bits per heavy atom. The van der Waals surface area contributed by atoms with Crippen LogP contribution in [0.4, 0.5) is 13.2 Å². The summed E-state index contributed by atoms with van der Waals surface area (Å²) in [5, 5.41) is 3.35. The molecule has 2 rings (SSSR count). The largest absolute Gasteiger partial charge is 0.416 e. The van der Waals surface area contributed by atoms with Crippen LogP contribution in [0.15, 0.2) is 48.8 Å². The lowest BCUT2D eigenvalue weighted by Gasteiger charge is -2.21. The Labute approximate surface area is 122 Å². The first-order valence-corrected chi connectivity index (χ1v) is 6.71. The molecule has 112 valence electrons. The van der Waals surface area contributed by atoms with E-state index in [9.17, 15) is 13.2 Å². The second-order valence-corrected chi connectivity index (χ2v) is 5.02. The summed E-state index contributed by atoms with van der Waals surface area (Å²) in [6.45, 7) is 3.92. The normalized spacial score (nSPS) is 14.7. The second kappa shape index (κ2) is 6.26. The standard InChI is InChI=1S/C16H17F3N2/c1-11(21-12(2)14-4-3-9-20-10-14)13-5-7-15(8-6-13)16(17,18)19/h3-12,21H,1-2H3/t11?,12-/m1/s1. The number of halogens is 3. The van der Waals surface area contributed by atoms with E-state index >= 15 is 0 Å². The van der Waals surface area contributed by atoms with Gasteiger partial charge < -0.3 is 5.32 Å². The molecule has 21 heavy (non-hydrogen) atoms. The van der Waals surface area contributed by atoms with E-state index in [-0.39, 0.29) is 12.1 Å². The van der Waals surface area contributed by atoms with Gasteiger partial charge in [-0.15, -0.1) is 0 Å². The smallest absolute Gasteiger partial charge is 0.304 e. The summed E-state index contributed by atoms with van der Waals surface area (Å²) in [4.78, 5) is 4.06. The van der Waals surface area contributed by atoms with Crippen molar-refractivity contribution < 1.29 is 13.2 Å². The van der Waals surface area contributed by atoms with Gasteiger partial charge >= 0.3 is 6.18 Å². The monoisotopic (exact) mass is 294 g/mol. The molecule has 0 spiro atoms. The third-order valence-electron chi connectivity index (χ3n) is 3.42. The third kappa shape index (κ3) is 4.04. The Morgan fingerprint density at radius 2 is 1.57 bits per heavy atom. The number of nitrogens with zero attached hydrogens (tertiary/aromatic N) is 1. The van der Waals surface area contributed by atoms with Crippen molar-refractivity contribution in [1.29, 1.82) is 0 Å². The first-order valence-electron chi connectivity index (χ1n) is 6.71. The molecule has 1 N–H and O–H groups in total. The van der Waals surface area contributed by atoms with Crippen molar-refractivity contribution in [2.24, 2.45) is 0 Å². The lowest BCUT2D eigenvalue weighted by molar-refractivity contribution is -0.137. The van der Waals surface area contributed by atoms with Crippen LogP contribution in [0.2, 0.25) is 0 Å². The molecule has 1 aromatic carbocycles. The van der Waals surface area contributed by atoms with Gasteiger partial charge in [0.2, 0.25) is 0 Å². The number of aromatic nitrogens is 1. The quantitative estimate of drug-likeness (QED) is 0.897. The minimum Gasteiger partial charge on any atom is -0.304 e. The third-order valence-corrected chi connectivity index (χ3v) is 3.42. The average molecular weight is 294 g/mol. The van der Waals surface area contributed by atoms with Gasteiger partial charge in [0.1, 0.15) is 0 Å². The first kappa shape index (κ1) is 15.5. The first-order chi connectivity index (χ1) is 9.88. The van der Waals surface area contributed by atoms with E-state index in [2.05, 4.69) is 10.3 Å². The number of nitrogens with one attached hydrogen (secondary N) is 1. The van der Waals surface area contributed by atoms with E-state index in [4.69, 9.17) is 0 Å². The van der Waals surface area contributed by atoms with Gasteiger partial charge in [-0.2, -0.15) is 13.2 Å². The predicted molar refractivity (Wildman–Crippen MR) is 75.6 cm³/mol. The molecule has 5 heteroatoms. The molecule has 2 atom stereocenters. The fourth-order valence-corrected chi connectivity index (χ4v) is 2.16. The van der Waals surface area contributed by atoms with Crippen molar-refractivity contribution in [3.8, 4) is 0 Å². The fraction of sp³-hybridized carbons (Fsp3) is 0.312. The van der Waals surface area contributed by atoms with Crippen molar-refractivity contribution in [2.75, 3.05) is 0 Å². The fourth-order valence-electron chi connectivity index (χ4n) is 2.16. The summed E-state index contributed by atoms with van der Waals surface area (Å²) in [6.07, 6.45) is -0.815. The van der Waals surface area contributed by atoms with Crippen LogP contribution in [0.1, 0.15) is 42.6 Å². The van der Waals surface area contributed by atoms with Crippen LogP contribution in [0.5, 0.6) is 0 Å². The maximum atomic E-state index is 12.5. The molecule has 1 unspecified atom stereocenters. The molecule has 0 amide bonds. The lowest BCUT2D eigenvalue weighted by atomic mass is 10.0. The average Bonchev–Trinajstić information content (AvgIpc) is 2.47. The maximum absolute atomic E-state index is 12.5. The highest BCUT2D eigenvalue weighted by Crippen LogP contribution is 2.30. The molecule has 1 heterocycles. The maximum Gasteiger partial charge on any atom is 0.416 e. The van der Waals surface area contributed by atoms with E-state index in [0.29, 0.717) is 0 Å². The molecule has 0 fully saturated rings. The zero-order chi connectivity index (χ0) is 15.5. The molecule has 2 aromatic rings. The molecule has 0 saturated carbocycles. The highest BCUT2D eigenvalue weighted by Gasteiger charge is 2.30. The number of rotatable bonds is 4. The molecule has 1 aromatic heterocycles. The minimum atomic E-state index is -4.29. The Bertz CT molecular complexity index is 564. The van der Waals surface area contributed by atoms with Gasteiger partial charge in [-0.25, -0.2) is 0 Å². The highest BCUT2D eigenvalue weighted by atomic mass is 19.4. The number of hydrogen-bond acceptors (Lipinski definition) is 2. The van der Waals surface area contributed by atoms with Gasteiger partial charge in [-0.05, 0) is 43.2 Å². The summed E-state index contributed by atoms with van der Waals surface area (Å²) in [5.41, 5.74) is 1.23. The van der Waals surface area contributed by atoms with Crippen molar-refractivity contribution >= 4 is 0 Å². The minimum absolute atomic E-state index is 0.0533. The van der Waals surface area contributed by atoms with Gasteiger partial charge in [-0.1, -0.05) is 18.2 Å². The molecule has 0 bridgehead atoms. The van der Waals surface area contributed by atoms with Crippen LogP contribution in [0, 0.1) is 0 Å². The molecular weight excluding hydrogens is 277 g/mol. The second-order valence-electron chi connectivity index (χ2n) is 5.02. The summed E-state index contributed by atoms with van der Waals surface area (Å²) in [6, 6.07) is 9.08. The number of hydrogen-bond donors (Lipinski definition) is 1. The number of alkyl halides is 3. The van der Waals surface area contributed by atoms with E-state index in [1.165, 1.54) is 12.1 Å². The van der Waals surface area contributed by atoms with Crippen LogP contribution in [-0.4, -0.2) is 4.98 Å². The number of pyridine rings is 1. The van der Waals surface area contributed by atoms with Gasteiger partial charge in [0, 0.05) is 24.5 Å². The highest BCUT2D eigenvalue weighted by molar-refractivity contribution is 5.27. The van der Waals surface area contributed by atoms with Crippen molar-refractivity contribution in [2.45, 2.75) is 32.1 Å². The van der Waals surface area contributed by atoms with Crippen molar-refractivity contribution in [1.82, 2.24) is 10.3 Å². The van der Waals surface area contributed by atoms with Crippen LogP contribution >= 0.6 is 0 Å². The summed E-state index contributed by atoms with van der Waals surface area (Å²) < 4.78 is 37.6. The van der Waals surface area contributed by atoms with Crippen LogP contribution in [-0.2, 0) is 6.18 Å². The Morgan fingerprint density at radius 3 is 2.10 bits per heavy atom. The molecule has 0 saturated heterocycles. The van der Waals surface area contributed by atoms with Crippen LogP contribution in [0.3, 0.4) is 0 Å². The van der Waals surface area contributed by atoms with E-state index in [0.717, 1.165) is 23.3 Å². The zero-order valence-electron chi connectivity index (χ0n) is 11.9. The van der Waals surface area contributed by atoms with Crippen LogP contribution in [0.25, 0.3) is 0 Å². The van der Waals surface area contributed by atoms with E-state index in [1.807, 2.05) is 26.0 Å². The zero-order valence-corrected chi connectivity index (χ0v) is 11.9. The van der Waals surface area contributed by atoms with Crippen LogP contribution < -0.4 is 5.32 Å². The Hall–Kier alpha value is -1.88. The molecule has 2 nitrogen and oxygen atoms in total. The lowest BCUT2D eigenvalue weighted by Crippen LogP contribution is -2.22. The molecule has 0 aliphatic heterocycles. The van der Waals surface area contributed by atoms with Crippen molar-refractivity contribution in [3.63, 3.8) is 0 Å². The molecular formula is C16H17F3N2. The molecule has 0 radical (unpaired) electrons. The predicted octanol–water partition coefficient (Wildman–Crippen LogP) is 4.51. The van der Waals surface area contributed by atoms with Gasteiger partial charge in [0.15, 0.2) is 0 Å². The Balaban J connectivity index is 2.05. The van der Waals surface area contributed by atoms with Gasteiger partial charge in [-0.3, -0.25) is 4.98 Å². The van der Waals surface area contributed by atoms with E-state index < -0.39 is 11.7 Å². The molecule has 0 aliphatic carbocycles. The van der Waals surface area contributed by atoms with Gasteiger partial charge in [0.05, 0.1) is 5.56 Å². The van der Waals surface area contributed by atoms with Crippen molar-refractivity contribution in [3.05, 3.63) is 65.5 Å². The molecule has 0 aliphatic rings. The summed E-state index contributed by atoms with van der Waals surface area (Å²) in [7, 11) is 0. The Kier molecular flexibility index (Phi) is 4.63. The van der Waals surface area contributed by atoms with E-state index in [1.54, 1.807) is 12.4 Å². The topological polar surface area (TPSA) is 24.9 Å².